The van der Waals surface area contributed by atoms with E-state index in [2.05, 4.69) is 17.6 Å². The minimum Gasteiger partial charge on any atom is -0.351 e. The highest BCUT2D eigenvalue weighted by molar-refractivity contribution is 6.30. The summed E-state index contributed by atoms with van der Waals surface area (Å²) in [5, 5.41) is 6.18. The molecule has 1 saturated carbocycles. The van der Waals surface area contributed by atoms with Crippen LogP contribution < -0.4 is 10.6 Å². The minimum atomic E-state index is -0.460. The zero-order valence-corrected chi connectivity index (χ0v) is 11.4. The fourth-order valence-electron chi connectivity index (χ4n) is 2.88. The number of amides is 1. The molecule has 3 unspecified atom stereocenters. The van der Waals surface area contributed by atoms with Crippen LogP contribution in [0.4, 0.5) is 4.39 Å². The fraction of sp³-hybridized carbons (Fsp3) is 0.500. The second kappa shape index (κ2) is 4.46. The molecule has 2 fully saturated rings. The molecule has 1 aliphatic heterocycles. The maximum Gasteiger partial charge on any atom is 0.237 e. The third-order valence-corrected chi connectivity index (χ3v) is 4.53. The number of halogens is 2. The SMILES string of the molecule is CC12CC1CC(C(=O)NCc1cccc(Cl)c1F)N2. The van der Waals surface area contributed by atoms with Gasteiger partial charge >= 0.3 is 0 Å². The van der Waals surface area contributed by atoms with Crippen molar-refractivity contribution in [1.29, 1.82) is 0 Å². The van der Waals surface area contributed by atoms with E-state index in [9.17, 15) is 9.18 Å². The zero-order valence-electron chi connectivity index (χ0n) is 10.7. The van der Waals surface area contributed by atoms with E-state index < -0.39 is 5.82 Å². The molecule has 0 bridgehead atoms. The number of benzene rings is 1. The third-order valence-electron chi connectivity index (χ3n) is 4.24. The molecule has 19 heavy (non-hydrogen) atoms. The Morgan fingerprint density at radius 1 is 1.63 bits per heavy atom. The predicted molar refractivity (Wildman–Crippen MR) is 71.3 cm³/mol. The lowest BCUT2D eigenvalue weighted by Crippen LogP contribution is -2.44. The van der Waals surface area contributed by atoms with Crippen molar-refractivity contribution in [1.82, 2.24) is 10.6 Å². The second-order valence-corrected chi connectivity index (χ2v) is 6.09. The number of hydrogen-bond donors (Lipinski definition) is 2. The van der Waals surface area contributed by atoms with Gasteiger partial charge in [-0.1, -0.05) is 23.7 Å². The first-order chi connectivity index (χ1) is 8.99. The number of carbonyl (C=O) groups excluding carboxylic acids is 1. The molecule has 1 heterocycles. The van der Waals surface area contributed by atoms with Crippen molar-refractivity contribution in [3.8, 4) is 0 Å². The topological polar surface area (TPSA) is 41.1 Å². The summed E-state index contributed by atoms with van der Waals surface area (Å²) in [7, 11) is 0. The summed E-state index contributed by atoms with van der Waals surface area (Å²) in [5.41, 5.74) is 0.568. The molecule has 102 valence electrons. The maximum absolute atomic E-state index is 13.7. The van der Waals surface area contributed by atoms with Crippen molar-refractivity contribution in [3.05, 3.63) is 34.6 Å². The molecule has 3 nitrogen and oxygen atoms in total. The molecule has 1 saturated heterocycles. The molecule has 1 amide bonds. The Balaban J connectivity index is 1.58. The van der Waals surface area contributed by atoms with Crippen LogP contribution in [-0.4, -0.2) is 17.5 Å². The van der Waals surface area contributed by atoms with Crippen molar-refractivity contribution in [2.45, 2.75) is 37.9 Å². The van der Waals surface area contributed by atoms with Crippen molar-refractivity contribution in [2.24, 2.45) is 5.92 Å². The van der Waals surface area contributed by atoms with Gasteiger partial charge in [0.1, 0.15) is 5.82 Å². The summed E-state index contributed by atoms with van der Waals surface area (Å²) in [6.07, 6.45) is 2.03. The van der Waals surface area contributed by atoms with Gasteiger partial charge in [0.05, 0.1) is 11.1 Å². The average molecular weight is 283 g/mol. The van der Waals surface area contributed by atoms with Gasteiger partial charge in [-0.25, -0.2) is 4.39 Å². The molecule has 1 aliphatic carbocycles. The number of carbonyl (C=O) groups is 1. The van der Waals surface area contributed by atoms with Gasteiger partial charge in [-0.2, -0.15) is 0 Å². The smallest absolute Gasteiger partial charge is 0.237 e. The van der Waals surface area contributed by atoms with Crippen LogP contribution in [0, 0.1) is 11.7 Å². The highest BCUT2D eigenvalue weighted by Gasteiger charge is 2.57. The first-order valence-corrected chi connectivity index (χ1v) is 6.86. The Labute approximate surface area is 116 Å². The highest BCUT2D eigenvalue weighted by Crippen LogP contribution is 2.51. The van der Waals surface area contributed by atoms with Gasteiger partial charge in [-0.05, 0) is 31.7 Å². The van der Waals surface area contributed by atoms with Crippen LogP contribution in [0.15, 0.2) is 18.2 Å². The van der Waals surface area contributed by atoms with Crippen LogP contribution in [0.2, 0.25) is 5.02 Å². The van der Waals surface area contributed by atoms with Crippen molar-refractivity contribution >= 4 is 17.5 Å². The van der Waals surface area contributed by atoms with Gasteiger partial charge in [0, 0.05) is 17.6 Å². The molecule has 5 heteroatoms. The Bertz CT molecular complexity index is 536. The molecule has 0 spiro atoms. The van der Waals surface area contributed by atoms with Crippen LogP contribution in [0.25, 0.3) is 0 Å². The largest absolute Gasteiger partial charge is 0.351 e. The van der Waals surface area contributed by atoms with E-state index in [4.69, 9.17) is 11.6 Å². The third kappa shape index (κ3) is 2.35. The Morgan fingerprint density at radius 2 is 2.42 bits per heavy atom. The van der Waals surface area contributed by atoms with E-state index in [1.807, 2.05) is 0 Å². The van der Waals surface area contributed by atoms with E-state index in [0.29, 0.717) is 11.5 Å². The Morgan fingerprint density at radius 3 is 3.11 bits per heavy atom. The lowest BCUT2D eigenvalue weighted by molar-refractivity contribution is -0.123. The second-order valence-electron chi connectivity index (χ2n) is 5.68. The summed E-state index contributed by atoms with van der Waals surface area (Å²) in [5.74, 6) is 0.0950. The summed E-state index contributed by atoms with van der Waals surface area (Å²) in [6.45, 7) is 2.31. The average Bonchev–Trinajstić information content (AvgIpc) is 2.89. The van der Waals surface area contributed by atoms with E-state index in [0.717, 1.165) is 12.8 Å². The van der Waals surface area contributed by atoms with Gasteiger partial charge in [0.25, 0.3) is 0 Å². The van der Waals surface area contributed by atoms with Gasteiger partial charge in [0.15, 0.2) is 0 Å². The number of piperidine rings is 1. The molecule has 1 aromatic carbocycles. The lowest BCUT2D eigenvalue weighted by Gasteiger charge is -2.16. The molecular weight excluding hydrogens is 267 g/mol. The van der Waals surface area contributed by atoms with E-state index in [-0.39, 0.29) is 29.1 Å². The van der Waals surface area contributed by atoms with Crippen LogP contribution in [0.1, 0.15) is 25.3 Å². The predicted octanol–water partition coefficient (Wildman–Crippen LogP) is 2.24. The van der Waals surface area contributed by atoms with Crippen LogP contribution in [-0.2, 0) is 11.3 Å². The van der Waals surface area contributed by atoms with Crippen molar-refractivity contribution in [2.75, 3.05) is 0 Å². The molecule has 2 aliphatic rings. The van der Waals surface area contributed by atoms with Gasteiger partial charge < -0.3 is 10.6 Å². The minimum absolute atomic E-state index is 0.0622. The standard InChI is InChI=1S/C14H16ClFN2O/c1-14-6-9(14)5-11(18-14)13(19)17-7-8-3-2-4-10(15)12(8)16/h2-4,9,11,18H,5-7H2,1H3,(H,17,19). The zero-order chi connectivity index (χ0) is 13.6. The van der Waals surface area contributed by atoms with Crippen LogP contribution >= 0.6 is 11.6 Å². The molecule has 0 aromatic heterocycles. The summed E-state index contributed by atoms with van der Waals surface area (Å²) in [6, 6.07) is 4.65. The molecule has 2 N–H and O–H groups in total. The molecule has 3 atom stereocenters. The molecular formula is C14H16ClFN2O. The molecule has 0 radical (unpaired) electrons. The van der Waals surface area contributed by atoms with E-state index >= 15 is 0 Å². The Hall–Kier alpha value is -1.13. The number of fused-ring (bicyclic) bond motifs is 1. The number of hydrogen-bond acceptors (Lipinski definition) is 2. The number of nitrogens with one attached hydrogen (secondary N) is 2. The van der Waals surface area contributed by atoms with Crippen molar-refractivity contribution < 1.29 is 9.18 Å². The van der Waals surface area contributed by atoms with E-state index in [1.54, 1.807) is 12.1 Å². The maximum atomic E-state index is 13.7. The van der Waals surface area contributed by atoms with Crippen LogP contribution in [0.5, 0.6) is 0 Å². The summed E-state index contributed by atoms with van der Waals surface area (Å²) in [4.78, 5) is 12.0. The molecule has 3 rings (SSSR count). The van der Waals surface area contributed by atoms with Gasteiger partial charge in [0.2, 0.25) is 5.91 Å². The van der Waals surface area contributed by atoms with Gasteiger partial charge in [-0.15, -0.1) is 0 Å². The first kappa shape index (κ1) is 12.9. The first-order valence-electron chi connectivity index (χ1n) is 6.48. The highest BCUT2D eigenvalue weighted by atomic mass is 35.5. The van der Waals surface area contributed by atoms with Crippen molar-refractivity contribution in [3.63, 3.8) is 0 Å². The Kier molecular flexibility index (Phi) is 3.02. The quantitative estimate of drug-likeness (QED) is 0.893. The summed E-state index contributed by atoms with van der Waals surface area (Å²) < 4.78 is 13.7. The number of rotatable bonds is 3. The fourth-order valence-corrected chi connectivity index (χ4v) is 3.07. The molecule has 1 aromatic rings. The van der Waals surface area contributed by atoms with Crippen LogP contribution in [0.3, 0.4) is 0 Å². The monoisotopic (exact) mass is 282 g/mol. The van der Waals surface area contributed by atoms with E-state index in [1.165, 1.54) is 6.07 Å². The van der Waals surface area contributed by atoms with Gasteiger partial charge in [-0.3, -0.25) is 4.79 Å². The normalized spacial score (nSPS) is 31.9. The summed E-state index contributed by atoms with van der Waals surface area (Å²) >= 11 is 5.70. The lowest BCUT2D eigenvalue weighted by atomic mass is 10.1.